The molecule has 0 saturated carbocycles. The predicted molar refractivity (Wildman–Crippen MR) is 95.3 cm³/mol. The van der Waals surface area contributed by atoms with Gasteiger partial charge in [0.2, 0.25) is 0 Å². The number of alkyl halides is 6. The summed E-state index contributed by atoms with van der Waals surface area (Å²) in [7, 11) is 0. The summed E-state index contributed by atoms with van der Waals surface area (Å²) in [5.74, 6) is 0.128. The van der Waals surface area contributed by atoms with Crippen molar-refractivity contribution in [3.8, 4) is 17.3 Å². The maximum atomic E-state index is 13.3. The van der Waals surface area contributed by atoms with Crippen molar-refractivity contribution in [1.82, 2.24) is 20.3 Å². The van der Waals surface area contributed by atoms with Crippen molar-refractivity contribution >= 4 is 10.9 Å². The van der Waals surface area contributed by atoms with Crippen molar-refractivity contribution in [3.05, 3.63) is 53.2 Å². The molecule has 0 bridgehead atoms. The maximum absolute atomic E-state index is 13.3. The molecule has 0 spiro atoms. The number of para-hydroxylation sites is 1. The average molecular weight is 458 g/mol. The molecule has 0 aliphatic carbocycles. The molecule has 32 heavy (non-hydrogen) atoms. The Balaban J connectivity index is 1.68. The van der Waals surface area contributed by atoms with Gasteiger partial charge in [-0.25, -0.2) is 4.98 Å². The smallest absolute Gasteiger partial charge is 0.433 e. The van der Waals surface area contributed by atoms with Gasteiger partial charge in [0.15, 0.2) is 17.3 Å². The molecule has 0 fully saturated rings. The van der Waals surface area contributed by atoms with Crippen LogP contribution in [-0.4, -0.2) is 20.3 Å². The van der Waals surface area contributed by atoms with Crippen LogP contribution in [0, 0.1) is 0 Å². The Bertz CT molecular complexity index is 1260. The molecule has 0 N–H and O–H groups in total. The monoisotopic (exact) mass is 458 g/mol. The van der Waals surface area contributed by atoms with E-state index in [1.807, 2.05) is 6.92 Å². The lowest BCUT2D eigenvalue weighted by molar-refractivity contribution is -0.142. The van der Waals surface area contributed by atoms with Gasteiger partial charge >= 0.3 is 12.4 Å². The van der Waals surface area contributed by atoms with Crippen molar-refractivity contribution in [3.63, 3.8) is 0 Å². The zero-order valence-electron chi connectivity index (χ0n) is 16.1. The number of hydrogen-bond acceptors (Lipinski definition) is 7. The topological polar surface area (TPSA) is 87.1 Å². The summed E-state index contributed by atoms with van der Waals surface area (Å²) in [4.78, 5) is 7.26. The molecular formula is C19H12F6N4O3. The zero-order valence-corrected chi connectivity index (χ0v) is 16.1. The SMILES string of the molecule is CCc1noc(-c2cc(COc3cc(C(F)(F)F)nc4c(C(F)(F)F)cccc34)on2)n1. The number of pyridine rings is 1. The molecule has 0 atom stereocenters. The third-order valence-corrected chi connectivity index (χ3v) is 4.33. The van der Waals surface area contributed by atoms with Crippen LogP contribution in [0.4, 0.5) is 26.3 Å². The van der Waals surface area contributed by atoms with Crippen LogP contribution >= 0.6 is 0 Å². The fourth-order valence-corrected chi connectivity index (χ4v) is 2.84. The van der Waals surface area contributed by atoms with Crippen molar-refractivity contribution in [1.29, 1.82) is 0 Å². The third-order valence-electron chi connectivity index (χ3n) is 4.33. The number of ether oxygens (including phenoxy) is 1. The Kier molecular flexibility index (Phi) is 5.26. The van der Waals surface area contributed by atoms with E-state index in [0.717, 1.165) is 6.07 Å². The summed E-state index contributed by atoms with van der Waals surface area (Å²) < 4.78 is 95.2. The van der Waals surface area contributed by atoms with E-state index in [1.54, 1.807) is 0 Å². The number of fused-ring (bicyclic) bond motifs is 1. The minimum Gasteiger partial charge on any atom is -0.485 e. The number of rotatable bonds is 5. The number of aryl methyl sites for hydroxylation is 1. The predicted octanol–water partition coefficient (Wildman–Crippen LogP) is 5.45. The largest absolute Gasteiger partial charge is 0.485 e. The van der Waals surface area contributed by atoms with Gasteiger partial charge in [-0.1, -0.05) is 23.3 Å². The second-order valence-corrected chi connectivity index (χ2v) is 6.54. The fraction of sp³-hybridized carbons (Fsp3) is 0.263. The van der Waals surface area contributed by atoms with Gasteiger partial charge in [-0.15, -0.1) is 0 Å². The summed E-state index contributed by atoms with van der Waals surface area (Å²) in [5.41, 5.74) is -3.53. The molecule has 0 aliphatic rings. The molecule has 3 heterocycles. The van der Waals surface area contributed by atoms with E-state index in [2.05, 4.69) is 20.3 Å². The number of halogens is 6. The highest BCUT2D eigenvalue weighted by atomic mass is 19.4. The first-order valence-electron chi connectivity index (χ1n) is 9.05. The van der Waals surface area contributed by atoms with Crippen molar-refractivity contribution in [2.75, 3.05) is 0 Å². The molecule has 7 nitrogen and oxygen atoms in total. The lowest BCUT2D eigenvalue weighted by Gasteiger charge is -2.15. The molecular weight excluding hydrogens is 446 g/mol. The summed E-state index contributed by atoms with van der Waals surface area (Å²) >= 11 is 0. The molecule has 3 aromatic heterocycles. The Labute approximate surface area is 175 Å². The normalized spacial score (nSPS) is 12.5. The van der Waals surface area contributed by atoms with Crippen LogP contribution < -0.4 is 4.74 Å². The first kappa shape index (κ1) is 21.6. The molecule has 0 amide bonds. The van der Waals surface area contributed by atoms with Crippen LogP contribution in [0.1, 0.15) is 29.8 Å². The molecule has 4 aromatic rings. The molecule has 13 heteroatoms. The highest BCUT2D eigenvalue weighted by Gasteiger charge is 2.37. The van der Waals surface area contributed by atoms with Gasteiger partial charge < -0.3 is 13.8 Å². The molecule has 0 aliphatic heterocycles. The van der Waals surface area contributed by atoms with Crippen LogP contribution in [-0.2, 0) is 25.4 Å². The van der Waals surface area contributed by atoms with Gasteiger partial charge in [0.05, 0.1) is 11.1 Å². The quantitative estimate of drug-likeness (QED) is 0.368. The Hall–Kier alpha value is -3.64. The first-order chi connectivity index (χ1) is 15.1. The molecule has 0 saturated heterocycles. The maximum Gasteiger partial charge on any atom is 0.433 e. The van der Waals surface area contributed by atoms with Gasteiger partial charge in [-0.3, -0.25) is 0 Å². The molecule has 0 unspecified atom stereocenters. The van der Waals surface area contributed by atoms with E-state index >= 15 is 0 Å². The number of hydrogen-bond donors (Lipinski definition) is 0. The highest BCUT2D eigenvalue weighted by molar-refractivity contribution is 5.88. The minimum atomic E-state index is -4.99. The van der Waals surface area contributed by atoms with Gasteiger partial charge in [-0.2, -0.15) is 31.3 Å². The van der Waals surface area contributed by atoms with E-state index < -0.39 is 41.5 Å². The first-order valence-corrected chi connectivity index (χ1v) is 9.05. The molecule has 4 rings (SSSR count). The van der Waals surface area contributed by atoms with Gasteiger partial charge in [-0.05, 0) is 12.1 Å². The Morgan fingerprint density at radius 3 is 2.38 bits per heavy atom. The molecule has 0 radical (unpaired) electrons. The number of benzene rings is 1. The second-order valence-electron chi connectivity index (χ2n) is 6.54. The standard InChI is InChI=1S/C19H12F6N4O3/c1-2-15-27-17(32-29-15)12-6-9(31-28-12)8-30-13-7-14(19(23,24)25)26-16-10(13)4-3-5-11(16)18(20,21)22/h3-7H,2,8H2,1H3. The van der Waals surface area contributed by atoms with Crippen LogP contribution in [0.25, 0.3) is 22.5 Å². The molecule has 168 valence electrons. The third kappa shape index (κ3) is 4.22. The van der Waals surface area contributed by atoms with E-state index in [9.17, 15) is 26.3 Å². The van der Waals surface area contributed by atoms with Gasteiger partial charge in [0, 0.05) is 23.9 Å². The van der Waals surface area contributed by atoms with Crippen LogP contribution in [0.2, 0.25) is 0 Å². The number of aromatic nitrogens is 4. The van der Waals surface area contributed by atoms with Crippen LogP contribution in [0.5, 0.6) is 5.75 Å². The summed E-state index contributed by atoms with van der Waals surface area (Å²) in [5, 5.41) is 7.19. The van der Waals surface area contributed by atoms with E-state index in [-0.39, 0.29) is 22.7 Å². The Morgan fingerprint density at radius 2 is 1.72 bits per heavy atom. The van der Waals surface area contributed by atoms with Crippen LogP contribution in [0.3, 0.4) is 0 Å². The zero-order chi connectivity index (χ0) is 23.1. The van der Waals surface area contributed by atoms with E-state index in [1.165, 1.54) is 12.1 Å². The average Bonchev–Trinajstić information content (AvgIpc) is 3.39. The van der Waals surface area contributed by atoms with Crippen LogP contribution in [0.15, 0.2) is 39.4 Å². The summed E-state index contributed by atoms with van der Waals surface area (Å²) in [6, 6.07) is 4.79. The van der Waals surface area contributed by atoms with Gasteiger partial charge in [0.1, 0.15) is 18.1 Å². The minimum absolute atomic E-state index is 0.0698. The van der Waals surface area contributed by atoms with Gasteiger partial charge in [0.25, 0.3) is 5.89 Å². The summed E-state index contributed by atoms with van der Waals surface area (Å²) in [6.07, 6.45) is -9.37. The second kappa shape index (κ2) is 7.80. The lowest BCUT2D eigenvalue weighted by Crippen LogP contribution is -2.12. The van der Waals surface area contributed by atoms with Crippen molar-refractivity contribution < 1.29 is 40.1 Å². The van der Waals surface area contributed by atoms with E-state index in [4.69, 9.17) is 13.8 Å². The lowest BCUT2D eigenvalue weighted by atomic mass is 10.1. The Morgan fingerprint density at radius 1 is 0.938 bits per heavy atom. The fourth-order valence-electron chi connectivity index (χ4n) is 2.84. The highest BCUT2D eigenvalue weighted by Crippen LogP contribution is 2.40. The van der Waals surface area contributed by atoms with E-state index in [0.29, 0.717) is 24.4 Å². The van der Waals surface area contributed by atoms with Crippen molar-refractivity contribution in [2.45, 2.75) is 32.3 Å². The van der Waals surface area contributed by atoms with Crippen molar-refractivity contribution in [2.24, 2.45) is 0 Å². The summed E-state index contributed by atoms with van der Waals surface area (Å²) in [6.45, 7) is 1.39. The molecule has 1 aromatic carbocycles. The number of nitrogens with zero attached hydrogens (tertiary/aromatic N) is 4.